The number of nitrogens with zero attached hydrogens (tertiary/aromatic N) is 2. The van der Waals surface area contributed by atoms with Gasteiger partial charge in [0.15, 0.2) is 11.2 Å². The maximum absolute atomic E-state index is 12.0. The fourth-order valence-electron chi connectivity index (χ4n) is 2.01. The van der Waals surface area contributed by atoms with E-state index in [4.69, 9.17) is 4.42 Å². The molecule has 22 heavy (non-hydrogen) atoms. The number of nitrogens with one attached hydrogen (secondary N) is 1. The Bertz CT molecular complexity index is 796. The maximum atomic E-state index is 12.0. The summed E-state index contributed by atoms with van der Waals surface area (Å²) < 4.78 is 5.52. The lowest BCUT2D eigenvalue weighted by Crippen LogP contribution is -2.15. The Kier molecular flexibility index (Phi) is 4.11. The van der Waals surface area contributed by atoms with Gasteiger partial charge in [-0.2, -0.15) is 4.98 Å². The van der Waals surface area contributed by atoms with Crippen molar-refractivity contribution < 1.29 is 9.21 Å². The van der Waals surface area contributed by atoms with E-state index in [1.165, 1.54) is 11.8 Å². The number of hydrogen-bond donors (Lipinski definition) is 1. The molecule has 3 aromatic rings. The molecule has 0 saturated carbocycles. The highest BCUT2D eigenvalue weighted by atomic mass is 32.2. The molecule has 5 nitrogen and oxygen atoms in total. The van der Waals surface area contributed by atoms with Crippen molar-refractivity contribution >= 4 is 34.6 Å². The third-order valence-electron chi connectivity index (χ3n) is 3.35. The number of carbonyl (C=O) groups excluding carboxylic acids is 1. The summed E-state index contributed by atoms with van der Waals surface area (Å²) in [4.78, 5) is 20.4. The normalized spacial score (nSPS) is 10.8. The predicted octanol–water partition coefficient (Wildman–Crippen LogP) is 3.57. The number of aromatic nitrogens is 2. The van der Waals surface area contributed by atoms with Crippen molar-refractivity contribution in [3.05, 3.63) is 47.7 Å². The van der Waals surface area contributed by atoms with E-state index in [1.807, 2.05) is 32.0 Å². The van der Waals surface area contributed by atoms with E-state index in [-0.39, 0.29) is 11.7 Å². The number of thioether (sulfide) groups is 1. The van der Waals surface area contributed by atoms with Crippen LogP contribution in [0.4, 0.5) is 5.69 Å². The minimum Gasteiger partial charge on any atom is -0.430 e. The number of fused-ring (bicyclic) bond motifs is 1. The molecule has 0 atom stereocenters. The highest BCUT2D eigenvalue weighted by molar-refractivity contribution is 7.99. The first-order chi connectivity index (χ1) is 10.6. The number of anilines is 1. The number of rotatable bonds is 4. The maximum Gasteiger partial charge on any atom is 0.258 e. The summed E-state index contributed by atoms with van der Waals surface area (Å²) in [5.41, 5.74) is 4.24. The largest absolute Gasteiger partial charge is 0.430 e. The average molecular weight is 313 g/mol. The fourth-order valence-corrected chi connectivity index (χ4v) is 2.64. The van der Waals surface area contributed by atoms with Crippen LogP contribution in [0.25, 0.3) is 11.2 Å². The van der Waals surface area contributed by atoms with Crippen LogP contribution < -0.4 is 5.32 Å². The molecule has 2 heterocycles. The van der Waals surface area contributed by atoms with Gasteiger partial charge in [0, 0.05) is 11.9 Å². The SMILES string of the molecule is Cc1cccc(NC(=O)CSc2nc3ncccc3o2)c1C. The first kappa shape index (κ1) is 14.6. The first-order valence-electron chi connectivity index (χ1n) is 6.84. The van der Waals surface area contributed by atoms with Gasteiger partial charge in [0.25, 0.3) is 5.22 Å². The van der Waals surface area contributed by atoms with Crippen molar-refractivity contribution in [3.63, 3.8) is 0 Å². The molecule has 2 aromatic heterocycles. The molecule has 6 heteroatoms. The lowest BCUT2D eigenvalue weighted by Gasteiger charge is -2.09. The topological polar surface area (TPSA) is 68.0 Å². The molecular formula is C16H15N3O2S. The van der Waals surface area contributed by atoms with Crippen molar-refractivity contribution in [2.75, 3.05) is 11.1 Å². The molecule has 0 unspecified atom stereocenters. The third kappa shape index (κ3) is 3.12. The summed E-state index contributed by atoms with van der Waals surface area (Å²) in [7, 11) is 0. The number of hydrogen-bond acceptors (Lipinski definition) is 5. The number of pyridine rings is 1. The molecule has 0 spiro atoms. The van der Waals surface area contributed by atoms with Crippen LogP contribution in [0, 0.1) is 13.8 Å². The van der Waals surface area contributed by atoms with Crippen LogP contribution >= 0.6 is 11.8 Å². The van der Waals surface area contributed by atoms with Crippen molar-refractivity contribution in [2.45, 2.75) is 19.1 Å². The van der Waals surface area contributed by atoms with Crippen molar-refractivity contribution in [2.24, 2.45) is 0 Å². The number of amides is 1. The Morgan fingerprint density at radius 1 is 1.27 bits per heavy atom. The van der Waals surface area contributed by atoms with E-state index in [1.54, 1.807) is 18.3 Å². The number of oxazole rings is 1. The monoisotopic (exact) mass is 313 g/mol. The Morgan fingerprint density at radius 2 is 2.14 bits per heavy atom. The summed E-state index contributed by atoms with van der Waals surface area (Å²) in [6.07, 6.45) is 1.66. The summed E-state index contributed by atoms with van der Waals surface area (Å²) in [6, 6.07) is 9.43. The molecule has 0 bridgehead atoms. The van der Waals surface area contributed by atoms with Crippen LogP contribution in [-0.2, 0) is 4.79 Å². The van der Waals surface area contributed by atoms with Crippen LogP contribution in [-0.4, -0.2) is 21.6 Å². The number of carbonyl (C=O) groups is 1. The van der Waals surface area contributed by atoms with Gasteiger partial charge < -0.3 is 9.73 Å². The van der Waals surface area contributed by atoms with Crippen LogP contribution in [0.3, 0.4) is 0 Å². The smallest absolute Gasteiger partial charge is 0.258 e. The summed E-state index contributed by atoms with van der Waals surface area (Å²) in [5, 5.41) is 3.36. The molecule has 1 aromatic carbocycles. The van der Waals surface area contributed by atoms with E-state index in [0.29, 0.717) is 16.5 Å². The van der Waals surface area contributed by atoms with Gasteiger partial charge in [0.1, 0.15) is 0 Å². The highest BCUT2D eigenvalue weighted by Gasteiger charge is 2.11. The van der Waals surface area contributed by atoms with E-state index in [2.05, 4.69) is 15.3 Å². The van der Waals surface area contributed by atoms with E-state index in [9.17, 15) is 4.79 Å². The average Bonchev–Trinajstić information content (AvgIpc) is 2.93. The third-order valence-corrected chi connectivity index (χ3v) is 4.18. The van der Waals surface area contributed by atoms with Crippen LogP contribution in [0.1, 0.15) is 11.1 Å². The Morgan fingerprint density at radius 3 is 2.95 bits per heavy atom. The van der Waals surface area contributed by atoms with Gasteiger partial charge in [-0.25, -0.2) is 4.98 Å². The molecule has 0 saturated heterocycles. The standard InChI is InChI=1S/C16H15N3O2S/c1-10-5-3-6-12(11(10)2)18-14(20)9-22-16-19-15-13(21-16)7-4-8-17-15/h3-8H,9H2,1-2H3,(H,18,20). The van der Waals surface area contributed by atoms with Gasteiger partial charge >= 0.3 is 0 Å². The lowest BCUT2D eigenvalue weighted by atomic mass is 10.1. The molecule has 1 N–H and O–H groups in total. The molecule has 0 aliphatic rings. The molecule has 0 fully saturated rings. The van der Waals surface area contributed by atoms with Gasteiger partial charge in [-0.15, -0.1) is 0 Å². The number of aryl methyl sites for hydroxylation is 1. The first-order valence-corrected chi connectivity index (χ1v) is 7.82. The molecular weight excluding hydrogens is 298 g/mol. The summed E-state index contributed by atoms with van der Waals surface area (Å²) >= 11 is 1.25. The number of benzene rings is 1. The Balaban J connectivity index is 1.63. The van der Waals surface area contributed by atoms with Crippen molar-refractivity contribution in [3.8, 4) is 0 Å². The summed E-state index contributed by atoms with van der Waals surface area (Å²) in [6.45, 7) is 4.01. The zero-order valence-electron chi connectivity index (χ0n) is 12.3. The fraction of sp³-hybridized carbons (Fsp3) is 0.188. The van der Waals surface area contributed by atoms with Gasteiger partial charge in [0.05, 0.1) is 5.75 Å². The van der Waals surface area contributed by atoms with Crippen molar-refractivity contribution in [1.82, 2.24) is 9.97 Å². The lowest BCUT2D eigenvalue weighted by molar-refractivity contribution is -0.113. The zero-order chi connectivity index (χ0) is 15.5. The van der Waals surface area contributed by atoms with E-state index >= 15 is 0 Å². The Hall–Kier alpha value is -2.34. The zero-order valence-corrected chi connectivity index (χ0v) is 13.1. The Labute approximate surface area is 132 Å². The van der Waals surface area contributed by atoms with Gasteiger partial charge in [-0.1, -0.05) is 23.9 Å². The van der Waals surface area contributed by atoms with Crippen LogP contribution in [0.5, 0.6) is 0 Å². The van der Waals surface area contributed by atoms with Crippen molar-refractivity contribution in [1.29, 1.82) is 0 Å². The molecule has 0 aliphatic carbocycles. The molecule has 0 radical (unpaired) electrons. The molecule has 1 amide bonds. The van der Waals surface area contributed by atoms with Gasteiger partial charge in [-0.3, -0.25) is 4.79 Å². The van der Waals surface area contributed by atoms with E-state index in [0.717, 1.165) is 16.8 Å². The second-order valence-corrected chi connectivity index (χ2v) is 5.82. The quantitative estimate of drug-likeness (QED) is 0.746. The van der Waals surface area contributed by atoms with E-state index < -0.39 is 0 Å². The van der Waals surface area contributed by atoms with Gasteiger partial charge in [0.2, 0.25) is 5.91 Å². The molecule has 3 rings (SSSR count). The molecule has 112 valence electrons. The minimum atomic E-state index is -0.0890. The predicted molar refractivity (Wildman–Crippen MR) is 87.1 cm³/mol. The summed E-state index contributed by atoms with van der Waals surface area (Å²) in [5.74, 6) is 0.147. The second-order valence-electron chi connectivity index (χ2n) is 4.89. The van der Waals surface area contributed by atoms with Crippen LogP contribution in [0.15, 0.2) is 46.2 Å². The van der Waals surface area contributed by atoms with Gasteiger partial charge in [-0.05, 0) is 43.2 Å². The minimum absolute atomic E-state index is 0.0890. The molecule has 0 aliphatic heterocycles. The van der Waals surface area contributed by atoms with Crippen LogP contribution in [0.2, 0.25) is 0 Å². The second kappa shape index (κ2) is 6.19. The highest BCUT2D eigenvalue weighted by Crippen LogP contribution is 2.23.